The van der Waals surface area contributed by atoms with Crippen molar-refractivity contribution >= 4 is 0 Å². The Balaban J connectivity index is 1.69. The molecule has 15 heavy (non-hydrogen) atoms. The smallest absolute Gasteiger partial charge is 0.0586 e. The van der Waals surface area contributed by atoms with Crippen LogP contribution in [0.1, 0.15) is 51.9 Å². The van der Waals surface area contributed by atoms with Crippen LogP contribution in [0.25, 0.3) is 0 Å². The molecule has 0 aromatic heterocycles. The molecule has 2 nitrogen and oxygen atoms in total. The van der Waals surface area contributed by atoms with Gasteiger partial charge in [0.1, 0.15) is 0 Å². The summed E-state index contributed by atoms with van der Waals surface area (Å²) in [4.78, 5) is 0. The molecule has 0 bridgehead atoms. The predicted molar refractivity (Wildman–Crippen MR) is 63.0 cm³/mol. The van der Waals surface area contributed by atoms with Gasteiger partial charge in [-0.05, 0) is 50.9 Å². The molecule has 2 saturated carbocycles. The molecule has 0 spiro atoms. The average Bonchev–Trinajstić information content (AvgIpc) is 2.69. The summed E-state index contributed by atoms with van der Waals surface area (Å²) in [6.45, 7) is 2.38. The van der Waals surface area contributed by atoms with Gasteiger partial charge < -0.3 is 10.1 Å². The summed E-state index contributed by atoms with van der Waals surface area (Å²) < 4.78 is 5.41. The molecule has 88 valence electrons. The number of ether oxygens (including phenoxy) is 1. The van der Waals surface area contributed by atoms with Crippen LogP contribution in [0.4, 0.5) is 0 Å². The lowest BCUT2D eigenvalue weighted by Crippen LogP contribution is -2.39. The van der Waals surface area contributed by atoms with Crippen molar-refractivity contribution in [3.8, 4) is 0 Å². The molecule has 0 aromatic rings. The van der Waals surface area contributed by atoms with E-state index in [0.29, 0.717) is 6.10 Å². The van der Waals surface area contributed by atoms with E-state index in [0.717, 1.165) is 18.0 Å². The molecule has 2 aliphatic carbocycles. The molecule has 0 radical (unpaired) electrons. The molecule has 2 unspecified atom stereocenters. The van der Waals surface area contributed by atoms with Crippen molar-refractivity contribution < 1.29 is 4.74 Å². The maximum atomic E-state index is 5.41. The van der Waals surface area contributed by atoms with Gasteiger partial charge in [-0.2, -0.15) is 0 Å². The highest BCUT2D eigenvalue weighted by atomic mass is 16.5. The van der Waals surface area contributed by atoms with E-state index in [4.69, 9.17) is 4.74 Å². The van der Waals surface area contributed by atoms with Crippen molar-refractivity contribution in [2.75, 3.05) is 7.11 Å². The van der Waals surface area contributed by atoms with Crippen LogP contribution in [-0.2, 0) is 4.74 Å². The molecule has 0 amide bonds. The van der Waals surface area contributed by atoms with Gasteiger partial charge in [-0.15, -0.1) is 0 Å². The summed E-state index contributed by atoms with van der Waals surface area (Å²) in [6.07, 6.45) is 9.90. The van der Waals surface area contributed by atoms with Crippen molar-refractivity contribution in [3.63, 3.8) is 0 Å². The van der Waals surface area contributed by atoms with Crippen molar-refractivity contribution in [2.45, 2.75) is 70.1 Å². The molecule has 2 fully saturated rings. The number of rotatable bonds is 3. The van der Waals surface area contributed by atoms with Crippen LogP contribution in [0.3, 0.4) is 0 Å². The standard InChI is InChI=1S/C13H25NO/c1-10-3-5-11(6-4-10)14-12-7-8-13(9-12)15-2/h10-14H,3-9H2,1-2H3. The van der Waals surface area contributed by atoms with Crippen LogP contribution in [0.5, 0.6) is 0 Å². The summed E-state index contributed by atoms with van der Waals surface area (Å²) in [5.41, 5.74) is 0. The van der Waals surface area contributed by atoms with E-state index in [1.165, 1.54) is 44.9 Å². The minimum Gasteiger partial charge on any atom is -0.381 e. The SMILES string of the molecule is COC1CCC(NC2CCC(C)CC2)C1. The molecule has 0 saturated heterocycles. The van der Waals surface area contributed by atoms with Crippen LogP contribution < -0.4 is 5.32 Å². The Morgan fingerprint density at radius 1 is 0.933 bits per heavy atom. The third kappa shape index (κ3) is 3.18. The van der Waals surface area contributed by atoms with Gasteiger partial charge >= 0.3 is 0 Å². The minimum atomic E-state index is 0.519. The van der Waals surface area contributed by atoms with Gasteiger partial charge in [0.2, 0.25) is 0 Å². The Bertz CT molecular complexity index is 187. The van der Waals surface area contributed by atoms with E-state index >= 15 is 0 Å². The number of methoxy groups -OCH3 is 1. The number of hydrogen-bond acceptors (Lipinski definition) is 2. The Morgan fingerprint density at radius 2 is 1.60 bits per heavy atom. The van der Waals surface area contributed by atoms with Gasteiger partial charge in [0.15, 0.2) is 0 Å². The van der Waals surface area contributed by atoms with E-state index in [9.17, 15) is 0 Å². The summed E-state index contributed by atoms with van der Waals surface area (Å²) >= 11 is 0. The highest BCUT2D eigenvalue weighted by Gasteiger charge is 2.27. The van der Waals surface area contributed by atoms with Crippen LogP contribution in [0, 0.1) is 5.92 Å². The van der Waals surface area contributed by atoms with E-state index in [2.05, 4.69) is 12.2 Å². The number of hydrogen-bond donors (Lipinski definition) is 1. The van der Waals surface area contributed by atoms with E-state index < -0.39 is 0 Å². The second kappa shape index (κ2) is 5.31. The summed E-state index contributed by atoms with van der Waals surface area (Å²) in [6, 6.07) is 1.52. The molecular weight excluding hydrogens is 186 g/mol. The molecule has 1 N–H and O–H groups in total. The summed E-state index contributed by atoms with van der Waals surface area (Å²) in [7, 11) is 1.84. The molecule has 0 heterocycles. The third-order valence-corrected chi connectivity index (χ3v) is 4.21. The summed E-state index contributed by atoms with van der Waals surface area (Å²) in [5, 5.41) is 3.82. The highest BCUT2D eigenvalue weighted by molar-refractivity contribution is 4.85. The minimum absolute atomic E-state index is 0.519. The first kappa shape index (κ1) is 11.4. The first-order valence-corrected chi connectivity index (χ1v) is 6.56. The summed E-state index contributed by atoms with van der Waals surface area (Å²) in [5.74, 6) is 0.957. The van der Waals surface area contributed by atoms with E-state index in [1.807, 2.05) is 7.11 Å². The van der Waals surface area contributed by atoms with Gasteiger partial charge in [0, 0.05) is 19.2 Å². The van der Waals surface area contributed by atoms with Gasteiger partial charge in [0.05, 0.1) is 6.10 Å². The molecule has 0 aliphatic heterocycles. The quantitative estimate of drug-likeness (QED) is 0.775. The van der Waals surface area contributed by atoms with Crippen LogP contribution >= 0.6 is 0 Å². The zero-order valence-corrected chi connectivity index (χ0v) is 10.2. The average molecular weight is 211 g/mol. The van der Waals surface area contributed by atoms with Crippen LogP contribution in [0.15, 0.2) is 0 Å². The van der Waals surface area contributed by atoms with Gasteiger partial charge in [0.25, 0.3) is 0 Å². The lowest BCUT2D eigenvalue weighted by Gasteiger charge is -2.29. The fourth-order valence-corrected chi connectivity index (χ4v) is 3.07. The molecule has 2 aliphatic rings. The van der Waals surface area contributed by atoms with Crippen molar-refractivity contribution in [2.24, 2.45) is 5.92 Å². The van der Waals surface area contributed by atoms with E-state index in [1.54, 1.807) is 0 Å². The molecule has 0 aromatic carbocycles. The van der Waals surface area contributed by atoms with Gasteiger partial charge in [-0.25, -0.2) is 0 Å². The fraction of sp³-hybridized carbons (Fsp3) is 1.00. The normalized spacial score (nSPS) is 42.0. The largest absolute Gasteiger partial charge is 0.381 e. The van der Waals surface area contributed by atoms with Gasteiger partial charge in [-0.1, -0.05) is 6.92 Å². The lowest BCUT2D eigenvalue weighted by molar-refractivity contribution is 0.106. The molecule has 2 atom stereocenters. The fourth-order valence-electron chi connectivity index (χ4n) is 3.07. The predicted octanol–water partition coefficient (Wildman–Crippen LogP) is 2.72. The van der Waals surface area contributed by atoms with Crippen molar-refractivity contribution in [1.29, 1.82) is 0 Å². The maximum absolute atomic E-state index is 5.41. The van der Waals surface area contributed by atoms with E-state index in [-0.39, 0.29) is 0 Å². The second-order valence-corrected chi connectivity index (χ2v) is 5.49. The molecular formula is C13H25NO. The van der Waals surface area contributed by atoms with Crippen molar-refractivity contribution in [3.05, 3.63) is 0 Å². The Morgan fingerprint density at radius 3 is 2.20 bits per heavy atom. The topological polar surface area (TPSA) is 21.3 Å². The van der Waals surface area contributed by atoms with Gasteiger partial charge in [-0.3, -0.25) is 0 Å². The Kier molecular flexibility index (Phi) is 4.04. The zero-order chi connectivity index (χ0) is 10.7. The first-order chi connectivity index (χ1) is 7.28. The zero-order valence-electron chi connectivity index (χ0n) is 10.2. The lowest BCUT2D eigenvalue weighted by atomic mass is 9.87. The Labute approximate surface area is 93.8 Å². The van der Waals surface area contributed by atoms with Crippen molar-refractivity contribution in [1.82, 2.24) is 5.32 Å². The van der Waals surface area contributed by atoms with Crippen LogP contribution in [-0.4, -0.2) is 25.3 Å². The first-order valence-electron chi connectivity index (χ1n) is 6.56. The highest BCUT2D eigenvalue weighted by Crippen LogP contribution is 2.27. The monoisotopic (exact) mass is 211 g/mol. The maximum Gasteiger partial charge on any atom is 0.0586 e. The van der Waals surface area contributed by atoms with Crippen LogP contribution in [0.2, 0.25) is 0 Å². The number of nitrogens with one attached hydrogen (secondary N) is 1. The molecule has 2 heteroatoms. The second-order valence-electron chi connectivity index (χ2n) is 5.49. The third-order valence-electron chi connectivity index (χ3n) is 4.21. The Hall–Kier alpha value is -0.0800. The molecule has 2 rings (SSSR count).